The summed E-state index contributed by atoms with van der Waals surface area (Å²) in [5.41, 5.74) is 2.37. The van der Waals surface area contributed by atoms with Crippen LogP contribution in [0.25, 0.3) is 0 Å². The molecule has 3 aromatic carbocycles. The van der Waals surface area contributed by atoms with Gasteiger partial charge < -0.3 is 10.2 Å². The van der Waals surface area contributed by atoms with E-state index in [1.807, 2.05) is 43.4 Å². The Labute approximate surface area is 163 Å². The van der Waals surface area contributed by atoms with Crippen LogP contribution in [0.3, 0.4) is 0 Å². The number of carbonyl (C=O) groups excluding carboxylic acids is 1. The van der Waals surface area contributed by atoms with Gasteiger partial charge in [-0.05, 0) is 18.2 Å². The fourth-order valence-electron chi connectivity index (χ4n) is 3.19. The minimum atomic E-state index is -0.545. The molecule has 3 aromatic rings. The van der Waals surface area contributed by atoms with E-state index >= 15 is 0 Å². The predicted octanol–water partition coefficient (Wildman–Crippen LogP) is 3.72. The SMILES string of the molecule is C[NH+](CC(=O)Nc1ccc(Cl)cc1F)C(c1ccccc1)c1ccccc1. The van der Waals surface area contributed by atoms with E-state index in [0.717, 1.165) is 16.0 Å². The molecule has 0 aliphatic carbocycles. The average molecular weight is 384 g/mol. The van der Waals surface area contributed by atoms with Crippen molar-refractivity contribution in [2.24, 2.45) is 0 Å². The van der Waals surface area contributed by atoms with Crippen LogP contribution in [0, 0.1) is 5.82 Å². The van der Waals surface area contributed by atoms with Gasteiger partial charge in [0.1, 0.15) is 11.9 Å². The summed E-state index contributed by atoms with van der Waals surface area (Å²) in [5, 5.41) is 2.93. The molecule has 3 nitrogen and oxygen atoms in total. The number of carbonyl (C=O) groups is 1. The van der Waals surface area contributed by atoms with E-state index in [4.69, 9.17) is 11.6 Å². The molecule has 0 aromatic heterocycles. The maximum Gasteiger partial charge on any atom is 0.279 e. The average Bonchev–Trinajstić information content (AvgIpc) is 2.66. The maximum atomic E-state index is 13.9. The summed E-state index contributed by atoms with van der Waals surface area (Å²) in [5.74, 6) is -0.804. The van der Waals surface area contributed by atoms with Crippen molar-refractivity contribution in [3.63, 3.8) is 0 Å². The third kappa shape index (κ3) is 4.94. The highest BCUT2D eigenvalue weighted by atomic mass is 35.5. The van der Waals surface area contributed by atoms with Gasteiger partial charge in [0, 0.05) is 16.1 Å². The molecule has 5 heteroatoms. The first-order valence-corrected chi connectivity index (χ1v) is 9.09. The van der Waals surface area contributed by atoms with Crippen molar-refractivity contribution in [1.82, 2.24) is 0 Å². The smallest absolute Gasteiger partial charge is 0.279 e. The molecule has 1 atom stereocenters. The molecule has 1 unspecified atom stereocenters. The van der Waals surface area contributed by atoms with E-state index in [2.05, 4.69) is 29.6 Å². The van der Waals surface area contributed by atoms with Crippen LogP contribution in [0.2, 0.25) is 5.02 Å². The van der Waals surface area contributed by atoms with Crippen LogP contribution in [0.1, 0.15) is 17.2 Å². The number of amides is 1. The summed E-state index contributed by atoms with van der Waals surface area (Å²) in [7, 11) is 1.96. The highest BCUT2D eigenvalue weighted by molar-refractivity contribution is 6.30. The maximum absolute atomic E-state index is 13.9. The second-order valence-corrected chi connectivity index (χ2v) is 6.89. The number of quaternary nitrogens is 1. The molecule has 2 N–H and O–H groups in total. The second-order valence-electron chi connectivity index (χ2n) is 6.45. The van der Waals surface area contributed by atoms with E-state index < -0.39 is 5.82 Å². The quantitative estimate of drug-likeness (QED) is 0.668. The van der Waals surface area contributed by atoms with Crippen molar-refractivity contribution in [2.75, 3.05) is 18.9 Å². The Hall–Kier alpha value is -2.69. The van der Waals surface area contributed by atoms with Gasteiger partial charge in [0.15, 0.2) is 6.54 Å². The Morgan fingerprint density at radius 3 is 2.07 bits per heavy atom. The molecule has 0 aliphatic rings. The number of rotatable bonds is 6. The van der Waals surface area contributed by atoms with E-state index in [9.17, 15) is 9.18 Å². The van der Waals surface area contributed by atoms with Crippen LogP contribution < -0.4 is 10.2 Å². The number of hydrogen-bond acceptors (Lipinski definition) is 1. The lowest BCUT2D eigenvalue weighted by Crippen LogP contribution is -3.10. The molecule has 0 saturated carbocycles. The van der Waals surface area contributed by atoms with Crippen molar-refractivity contribution >= 4 is 23.2 Å². The molecule has 0 saturated heterocycles. The molecule has 0 aliphatic heterocycles. The first-order valence-electron chi connectivity index (χ1n) is 8.71. The molecule has 0 spiro atoms. The highest BCUT2D eigenvalue weighted by Gasteiger charge is 2.25. The zero-order chi connectivity index (χ0) is 19.2. The van der Waals surface area contributed by atoms with Crippen LogP contribution in [-0.4, -0.2) is 19.5 Å². The summed E-state index contributed by atoms with van der Waals surface area (Å²) in [6, 6.07) is 24.3. The fraction of sp³-hybridized carbons (Fsp3) is 0.136. The Kier molecular flexibility index (Phi) is 6.22. The molecular weight excluding hydrogens is 363 g/mol. The van der Waals surface area contributed by atoms with Gasteiger partial charge in [-0.15, -0.1) is 0 Å². The number of halogens is 2. The van der Waals surface area contributed by atoms with Gasteiger partial charge in [-0.25, -0.2) is 4.39 Å². The zero-order valence-electron chi connectivity index (χ0n) is 15.0. The van der Waals surface area contributed by atoms with Crippen LogP contribution in [0.4, 0.5) is 10.1 Å². The summed E-state index contributed by atoms with van der Waals surface area (Å²) < 4.78 is 13.9. The summed E-state index contributed by atoms with van der Waals surface area (Å²) >= 11 is 5.76. The topological polar surface area (TPSA) is 33.5 Å². The molecule has 3 rings (SSSR count). The molecular formula is C22H21ClFN2O+. The molecule has 0 bridgehead atoms. The summed E-state index contributed by atoms with van der Waals surface area (Å²) in [4.78, 5) is 13.5. The molecule has 0 radical (unpaired) electrons. The number of nitrogens with one attached hydrogen (secondary N) is 2. The van der Waals surface area contributed by atoms with Gasteiger partial charge in [-0.2, -0.15) is 0 Å². The lowest BCUT2D eigenvalue weighted by Gasteiger charge is -2.25. The Morgan fingerprint density at radius 1 is 1.00 bits per heavy atom. The lowest BCUT2D eigenvalue weighted by molar-refractivity contribution is -0.897. The summed E-state index contributed by atoms with van der Waals surface area (Å²) in [6.45, 7) is 0.191. The van der Waals surface area contributed by atoms with Gasteiger partial charge in [0.25, 0.3) is 5.91 Å². The minimum absolute atomic E-state index is 0.00628. The van der Waals surface area contributed by atoms with E-state index in [-0.39, 0.29) is 24.2 Å². The zero-order valence-corrected chi connectivity index (χ0v) is 15.7. The first kappa shape index (κ1) is 19.1. The lowest BCUT2D eigenvalue weighted by atomic mass is 9.97. The monoisotopic (exact) mass is 383 g/mol. The van der Waals surface area contributed by atoms with Crippen LogP contribution in [0.15, 0.2) is 78.9 Å². The first-order chi connectivity index (χ1) is 13.0. The number of likely N-dealkylation sites (N-methyl/N-ethyl adjacent to an activating group) is 1. The summed E-state index contributed by atoms with van der Waals surface area (Å²) in [6.07, 6.45) is 0. The van der Waals surface area contributed by atoms with Crippen molar-refractivity contribution in [2.45, 2.75) is 6.04 Å². The molecule has 27 heavy (non-hydrogen) atoms. The van der Waals surface area contributed by atoms with Crippen molar-refractivity contribution in [3.05, 3.63) is 101 Å². The third-order valence-corrected chi connectivity index (χ3v) is 4.64. The number of anilines is 1. The Balaban J connectivity index is 1.78. The van der Waals surface area contributed by atoms with Gasteiger partial charge in [0.2, 0.25) is 0 Å². The molecule has 0 fully saturated rings. The second kappa shape index (κ2) is 8.80. The van der Waals surface area contributed by atoms with Crippen LogP contribution >= 0.6 is 11.6 Å². The van der Waals surface area contributed by atoms with Crippen molar-refractivity contribution < 1.29 is 14.1 Å². The van der Waals surface area contributed by atoms with Crippen molar-refractivity contribution in [3.8, 4) is 0 Å². The van der Waals surface area contributed by atoms with Gasteiger partial charge in [-0.1, -0.05) is 72.3 Å². The van der Waals surface area contributed by atoms with Crippen LogP contribution in [0.5, 0.6) is 0 Å². The minimum Gasteiger partial charge on any atom is -0.320 e. The molecule has 0 heterocycles. The predicted molar refractivity (Wildman–Crippen MR) is 107 cm³/mol. The number of benzene rings is 3. The fourth-order valence-corrected chi connectivity index (χ4v) is 3.35. The molecule has 138 valence electrons. The molecule has 1 amide bonds. The number of hydrogen-bond donors (Lipinski definition) is 2. The normalized spacial score (nSPS) is 12.0. The largest absolute Gasteiger partial charge is 0.320 e. The van der Waals surface area contributed by atoms with E-state index in [1.54, 1.807) is 6.07 Å². The van der Waals surface area contributed by atoms with E-state index in [1.165, 1.54) is 12.1 Å². The van der Waals surface area contributed by atoms with Crippen molar-refractivity contribution in [1.29, 1.82) is 0 Å². The Bertz CT molecular complexity index is 863. The standard InChI is InChI=1S/C22H20ClFN2O/c1-26(15-21(27)25-20-13-12-18(23)14-19(20)24)22(16-8-4-2-5-9-16)17-10-6-3-7-11-17/h2-14,22H,15H2,1H3,(H,25,27)/p+1. The van der Waals surface area contributed by atoms with E-state index in [0.29, 0.717) is 5.02 Å². The van der Waals surface area contributed by atoms with Crippen LogP contribution in [-0.2, 0) is 4.79 Å². The third-order valence-electron chi connectivity index (χ3n) is 4.40. The van der Waals surface area contributed by atoms with Gasteiger partial charge in [0.05, 0.1) is 12.7 Å². The Morgan fingerprint density at radius 2 is 1.56 bits per heavy atom. The van der Waals surface area contributed by atoms with Gasteiger partial charge >= 0.3 is 0 Å². The highest BCUT2D eigenvalue weighted by Crippen LogP contribution is 2.20. The van der Waals surface area contributed by atoms with Gasteiger partial charge in [-0.3, -0.25) is 4.79 Å².